The van der Waals surface area contributed by atoms with Gasteiger partial charge in [-0.3, -0.25) is 9.59 Å². The van der Waals surface area contributed by atoms with Crippen molar-refractivity contribution in [2.75, 3.05) is 18.1 Å². The monoisotopic (exact) mass is 498 g/mol. The number of ketones is 1. The lowest BCUT2D eigenvalue weighted by molar-refractivity contribution is -0.137. The summed E-state index contributed by atoms with van der Waals surface area (Å²) in [5.74, 6) is -0.663. The van der Waals surface area contributed by atoms with Gasteiger partial charge in [0, 0.05) is 30.6 Å². The Balaban J connectivity index is 1.65. The fourth-order valence-corrected chi connectivity index (χ4v) is 3.94. The van der Waals surface area contributed by atoms with E-state index in [2.05, 4.69) is 25.6 Å². The first kappa shape index (κ1) is 24.6. The van der Waals surface area contributed by atoms with E-state index in [-0.39, 0.29) is 40.7 Å². The number of halogens is 4. The van der Waals surface area contributed by atoms with Crippen LogP contribution in [0.1, 0.15) is 42.7 Å². The van der Waals surface area contributed by atoms with E-state index in [4.69, 9.17) is 17.3 Å². The largest absolute Gasteiger partial charge is 0.417 e. The molecule has 2 heterocycles. The predicted molar refractivity (Wildman–Crippen MR) is 118 cm³/mol. The molecule has 0 aliphatic rings. The zero-order chi connectivity index (χ0) is 24.2. The van der Waals surface area contributed by atoms with Gasteiger partial charge < -0.3 is 16.4 Å². The van der Waals surface area contributed by atoms with E-state index in [9.17, 15) is 22.8 Å². The van der Waals surface area contributed by atoms with Crippen LogP contribution in [0.15, 0.2) is 30.7 Å². The van der Waals surface area contributed by atoms with E-state index < -0.39 is 22.7 Å². The Morgan fingerprint density at radius 2 is 1.97 bits per heavy atom. The summed E-state index contributed by atoms with van der Waals surface area (Å²) in [7, 11) is 1.71. The van der Waals surface area contributed by atoms with Crippen molar-refractivity contribution in [2.45, 2.75) is 25.6 Å². The van der Waals surface area contributed by atoms with Crippen molar-refractivity contribution >= 4 is 46.1 Å². The molecule has 3 aromatic rings. The third-order valence-electron chi connectivity index (χ3n) is 4.47. The number of aryl methyl sites for hydroxylation is 1. The normalized spacial score (nSPS) is 11.4. The van der Waals surface area contributed by atoms with Crippen LogP contribution in [0.3, 0.4) is 0 Å². The average Bonchev–Trinajstić information content (AvgIpc) is 3.23. The van der Waals surface area contributed by atoms with Crippen molar-refractivity contribution < 1.29 is 22.8 Å². The van der Waals surface area contributed by atoms with E-state index >= 15 is 0 Å². The van der Waals surface area contributed by atoms with Gasteiger partial charge in [0.2, 0.25) is 0 Å². The Morgan fingerprint density at radius 1 is 1.21 bits per heavy atom. The van der Waals surface area contributed by atoms with Gasteiger partial charge in [-0.2, -0.15) is 13.2 Å². The number of aromatic nitrogens is 3. The van der Waals surface area contributed by atoms with Crippen molar-refractivity contribution in [1.82, 2.24) is 20.3 Å². The van der Waals surface area contributed by atoms with Crippen LogP contribution in [0.25, 0.3) is 0 Å². The Morgan fingerprint density at radius 3 is 2.67 bits per heavy atom. The number of rotatable bonds is 8. The van der Waals surface area contributed by atoms with E-state index in [0.717, 1.165) is 23.5 Å². The molecule has 0 saturated carbocycles. The summed E-state index contributed by atoms with van der Waals surface area (Å²) in [6.07, 6.45) is -1.81. The maximum absolute atomic E-state index is 13.0. The van der Waals surface area contributed by atoms with Crippen LogP contribution in [0, 0.1) is 0 Å². The summed E-state index contributed by atoms with van der Waals surface area (Å²) in [6.45, 7) is 0.329. The number of hydrogen-bond acceptors (Lipinski definition) is 8. The highest BCUT2D eigenvalue weighted by atomic mass is 35.5. The van der Waals surface area contributed by atoms with Crippen molar-refractivity contribution in [3.8, 4) is 0 Å². The molecule has 0 aliphatic heterocycles. The minimum absolute atomic E-state index is 0.0553. The second-order valence-corrected chi connectivity index (χ2v) is 8.33. The lowest BCUT2D eigenvalue weighted by Gasteiger charge is -2.11. The molecule has 2 aromatic heterocycles. The van der Waals surface area contributed by atoms with Gasteiger partial charge in [0.15, 0.2) is 5.78 Å². The Hall–Kier alpha value is -3.09. The minimum Gasteiger partial charge on any atom is -0.383 e. The number of carbonyl (C=O) groups is 2. The van der Waals surface area contributed by atoms with Crippen LogP contribution < -0.4 is 16.4 Å². The van der Waals surface area contributed by atoms with Crippen LogP contribution in [0.2, 0.25) is 5.02 Å². The lowest BCUT2D eigenvalue weighted by atomic mass is 10.1. The van der Waals surface area contributed by atoms with E-state index in [1.54, 1.807) is 7.05 Å². The third kappa shape index (κ3) is 6.03. The van der Waals surface area contributed by atoms with Gasteiger partial charge >= 0.3 is 6.18 Å². The second-order valence-electron chi connectivity index (χ2n) is 6.80. The molecule has 0 saturated heterocycles. The molecule has 0 aliphatic carbocycles. The first-order valence-electron chi connectivity index (χ1n) is 9.50. The van der Waals surface area contributed by atoms with Crippen LogP contribution >= 0.6 is 22.9 Å². The molecule has 1 aromatic carbocycles. The van der Waals surface area contributed by atoms with Gasteiger partial charge in [0.1, 0.15) is 22.7 Å². The van der Waals surface area contributed by atoms with Gasteiger partial charge in [-0.15, -0.1) is 11.3 Å². The molecule has 8 nitrogen and oxygen atoms in total. The molecule has 4 N–H and O–H groups in total. The molecule has 3 rings (SSSR count). The van der Waals surface area contributed by atoms with Gasteiger partial charge in [0.25, 0.3) is 5.91 Å². The van der Waals surface area contributed by atoms with E-state index in [1.165, 1.54) is 18.6 Å². The Labute approximate surface area is 195 Å². The first-order valence-corrected chi connectivity index (χ1v) is 10.7. The number of hydrogen-bond donors (Lipinski definition) is 3. The number of nitrogens with one attached hydrogen (secondary N) is 2. The molecule has 1 amide bonds. The van der Waals surface area contributed by atoms with E-state index in [1.807, 2.05) is 0 Å². The highest BCUT2D eigenvalue weighted by Crippen LogP contribution is 2.36. The molecular formula is C20H18ClF3N6O2S. The minimum atomic E-state index is -4.65. The van der Waals surface area contributed by atoms with Crippen LogP contribution in [-0.4, -0.2) is 33.7 Å². The number of nitrogens with two attached hydrogens (primary N) is 1. The van der Waals surface area contributed by atoms with Crippen LogP contribution in [0.5, 0.6) is 0 Å². The topological polar surface area (TPSA) is 123 Å². The number of nitrogens with zero attached hydrogens (tertiary/aromatic N) is 3. The second kappa shape index (κ2) is 10.2. The fraction of sp³-hybridized carbons (Fsp3) is 0.250. The predicted octanol–water partition coefficient (Wildman–Crippen LogP) is 3.97. The Bertz CT molecular complexity index is 1180. The number of thiazole rings is 1. The van der Waals surface area contributed by atoms with Gasteiger partial charge in [0.05, 0.1) is 21.8 Å². The fourth-order valence-electron chi connectivity index (χ4n) is 2.90. The SMILES string of the molecule is CNCc1c(N)ncnc1C(=O)CCc1ncc(C(=O)Nc2ccc(Cl)c(C(F)(F)F)c2)s1. The van der Waals surface area contributed by atoms with Gasteiger partial charge in [-0.25, -0.2) is 15.0 Å². The molecule has 0 spiro atoms. The maximum atomic E-state index is 13.0. The first-order chi connectivity index (χ1) is 15.6. The molecule has 13 heteroatoms. The highest BCUT2D eigenvalue weighted by Gasteiger charge is 2.33. The molecular weight excluding hydrogens is 481 g/mol. The lowest BCUT2D eigenvalue weighted by Crippen LogP contribution is -2.16. The van der Waals surface area contributed by atoms with Gasteiger partial charge in [-0.05, 0) is 25.2 Å². The summed E-state index contributed by atoms with van der Waals surface area (Å²) in [5.41, 5.74) is 5.45. The number of benzene rings is 1. The molecule has 33 heavy (non-hydrogen) atoms. The van der Waals surface area contributed by atoms with Crippen LogP contribution in [0.4, 0.5) is 24.7 Å². The molecule has 0 atom stereocenters. The highest BCUT2D eigenvalue weighted by molar-refractivity contribution is 7.13. The summed E-state index contributed by atoms with van der Waals surface area (Å²) < 4.78 is 39.0. The van der Waals surface area contributed by atoms with Gasteiger partial charge in [-0.1, -0.05) is 11.6 Å². The van der Waals surface area contributed by atoms with Crippen molar-refractivity contribution in [2.24, 2.45) is 0 Å². The summed E-state index contributed by atoms with van der Waals surface area (Å²) in [6, 6.07) is 3.09. The summed E-state index contributed by atoms with van der Waals surface area (Å²) >= 11 is 6.63. The molecule has 0 fully saturated rings. The van der Waals surface area contributed by atoms with Crippen LogP contribution in [-0.2, 0) is 19.1 Å². The Kier molecular flexibility index (Phi) is 7.61. The zero-order valence-corrected chi connectivity index (χ0v) is 18.7. The number of amides is 1. The summed E-state index contributed by atoms with van der Waals surface area (Å²) in [5, 5.41) is 5.35. The molecule has 174 valence electrons. The standard InChI is InChI=1S/C20H18ClF3N6O2S/c1-26-7-11-17(28-9-29-18(11)25)14(31)4-5-16-27-8-15(33-16)19(32)30-10-2-3-13(21)12(6-10)20(22,23)24/h2-3,6,8-9,26H,4-5,7H2,1H3,(H,30,32)(H2,25,28,29). The molecule has 0 bridgehead atoms. The molecule has 0 radical (unpaired) electrons. The van der Waals surface area contributed by atoms with Crippen molar-refractivity contribution in [3.05, 3.63) is 62.5 Å². The smallest absolute Gasteiger partial charge is 0.383 e. The van der Waals surface area contributed by atoms with Crippen molar-refractivity contribution in [1.29, 1.82) is 0 Å². The number of carbonyl (C=O) groups excluding carboxylic acids is 2. The maximum Gasteiger partial charge on any atom is 0.417 e. The molecule has 0 unspecified atom stereocenters. The number of nitrogen functional groups attached to an aromatic ring is 1. The van der Waals surface area contributed by atoms with E-state index in [0.29, 0.717) is 17.1 Å². The number of alkyl halides is 3. The number of anilines is 2. The quantitative estimate of drug-likeness (QED) is 0.401. The summed E-state index contributed by atoms with van der Waals surface area (Å²) in [4.78, 5) is 37.3. The zero-order valence-electron chi connectivity index (χ0n) is 17.2. The third-order valence-corrected chi connectivity index (χ3v) is 5.85. The average molecular weight is 499 g/mol. The number of Topliss-reactive ketones (excluding diaryl/α,β-unsaturated/α-hetero) is 1. The van der Waals surface area contributed by atoms with Crippen molar-refractivity contribution in [3.63, 3.8) is 0 Å².